The lowest BCUT2D eigenvalue weighted by molar-refractivity contribution is 1.63. The first-order chi connectivity index (χ1) is 24.7. The van der Waals surface area contributed by atoms with E-state index in [9.17, 15) is 0 Å². The molecule has 10 aromatic rings. The van der Waals surface area contributed by atoms with Gasteiger partial charge < -0.3 is 0 Å². The maximum absolute atomic E-state index is 2.40. The van der Waals surface area contributed by atoms with Gasteiger partial charge in [0.1, 0.15) is 0 Å². The second-order valence-corrected chi connectivity index (χ2v) is 13.3. The molecule has 0 radical (unpaired) electrons. The standard InChI is InChI=1S/C50H32/c1-3-11-36-28-38(18-16-33(36)8-1)39-19-20-41-30-42(22-21-40(41)29-39)43-24-25-48-46(44-23-17-34-9-2-4-12-37(34)31-44)26-27-49(50(48)32-43)47-15-7-13-35-10-5-6-14-45(35)47/h1-32H. The molecule has 0 saturated carbocycles. The van der Waals surface area contributed by atoms with E-state index in [1.807, 2.05) is 0 Å². The van der Waals surface area contributed by atoms with Gasteiger partial charge in [0.15, 0.2) is 0 Å². The number of hydrogen-bond acceptors (Lipinski definition) is 0. The van der Waals surface area contributed by atoms with Gasteiger partial charge in [0.25, 0.3) is 0 Å². The third-order valence-electron chi connectivity index (χ3n) is 10.4. The molecule has 10 aromatic carbocycles. The van der Waals surface area contributed by atoms with E-state index >= 15 is 0 Å². The van der Waals surface area contributed by atoms with Crippen molar-refractivity contribution in [3.8, 4) is 44.5 Å². The van der Waals surface area contributed by atoms with Crippen molar-refractivity contribution in [2.75, 3.05) is 0 Å². The average molecular weight is 633 g/mol. The third kappa shape index (κ3) is 4.85. The smallest absolute Gasteiger partial charge is 0.00928 e. The Hall–Kier alpha value is -6.50. The molecule has 10 rings (SSSR count). The molecule has 0 aliphatic heterocycles. The second-order valence-electron chi connectivity index (χ2n) is 13.3. The topological polar surface area (TPSA) is 0 Å². The number of rotatable bonds is 4. The van der Waals surface area contributed by atoms with Crippen LogP contribution in [0.1, 0.15) is 0 Å². The summed E-state index contributed by atoms with van der Waals surface area (Å²) in [7, 11) is 0. The van der Waals surface area contributed by atoms with Crippen molar-refractivity contribution in [3.63, 3.8) is 0 Å². The zero-order valence-electron chi connectivity index (χ0n) is 27.5. The highest BCUT2D eigenvalue weighted by Crippen LogP contribution is 2.41. The van der Waals surface area contributed by atoms with Crippen LogP contribution < -0.4 is 0 Å². The lowest BCUT2D eigenvalue weighted by Crippen LogP contribution is -1.89. The molecule has 0 spiro atoms. The first-order valence-corrected chi connectivity index (χ1v) is 17.3. The van der Waals surface area contributed by atoms with E-state index < -0.39 is 0 Å². The zero-order chi connectivity index (χ0) is 33.0. The molecular formula is C50H32. The van der Waals surface area contributed by atoms with Gasteiger partial charge in [-0.25, -0.2) is 0 Å². The molecular weight excluding hydrogens is 601 g/mol. The van der Waals surface area contributed by atoms with Gasteiger partial charge in [-0.05, 0) is 129 Å². The Balaban J connectivity index is 1.12. The number of hydrogen-bond donors (Lipinski definition) is 0. The fourth-order valence-electron chi connectivity index (χ4n) is 7.81. The molecule has 0 nitrogen and oxygen atoms in total. The Kier molecular flexibility index (Phi) is 6.60. The van der Waals surface area contributed by atoms with E-state index in [1.54, 1.807) is 0 Å². The van der Waals surface area contributed by atoms with Gasteiger partial charge in [-0.15, -0.1) is 0 Å². The minimum Gasteiger partial charge on any atom is -0.0616 e. The van der Waals surface area contributed by atoms with Gasteiger partial charge in [0, 0.05) is 0 Å². The molecule has 232 valence electrons. The van der Waals surface area contributed by atoms with Crippen molar-refractivity contribution < 1.29 is 0 Å². The van der Waals surface area contributed by atoms with E-state index in [0.29, 0.717) is 0 Å². The van der Waals surface area contributed by atoms with Gasteiger partial charge in [-0.3, -0.25) is 0 Å². The second kappa shape index (κ2) is 11.6. The Morgan fingerprint density at radius 1 is 0.180 bits per heavy atom. The van der Waals surface area contributed by atoms with Crippen LogP contribution in [-0.4, -0.2) is 0 Å². The molecule has 0 bridgehead atoms. The van der Waals surface area contributed by atoms with Crippen molar-refractivity contribution in [1.82, 2.24) is 0 Å². The van der Waals surface area contributed by atoms with Crippen molar-refractivity contribution in [1.29, 1.82) is 0 Å². The van der Waals surface area contributed by atoms with Crippen LogP contribution in [0.2, 0.25) is 0 Å². The SMILES string of the molecule is c1ccc2cc(-c3ccc4cc(-c5ccc6c(-c7ccc8ccccc8c7)ccc(-c7cccc8ccccc78)c6c5)ccc4c3)ccc2c1. The number of fused-ring (bicyclic) bond motifs is 5. The summed E-state index contributed by atoms with van der Waals surface area (Å²) in [4.78, 5) is 0. The first-order valence-electron chi connectivity index (χ1n) is 17.3. The summed E-state index contributed by atoms with van der Waals surface area (Å²) < 4.78 is 0. The third-order valence-corrected chi connectivity index (χ3v) is 10.4. The Morgan fingerprint density at radius 2 is 0.600 bits per heavy atom. The van der Waals surface area contributed by atoms with Crippen LogP contribution in [0.4, 0.5) is 0 Å². The molecule has 0 N–H and O–H groups in total. The molecule has 0 amide bonds. The molecule has 0 saturated heterocycles. The predicted octanol–water partition coefficient (Wildman–Crippen LogP) is 14.1. The number of benzene rings is 10. The van der Waals surface area contributed by atoms with Crippen molar-refractivity contribution >= 4 is 53.9 Å². The lowest BCUT2D eigenvalue weighted by atomic mass is 9.88. The normalized spacial score (nSPS) is 11.6. The predicted molar refractivity (Wildman–Crippen MR) is 216 cm³/mol. The monoisotopic (exact) mass is 632 g/mol. The lowest BCUT2D eigenvalue weighted by Gasteiger charge is -2.16. The van der Waals surface area contributed by atoms with Crippen LogP contribution in [0, 0.1) is 0 Å². The molecule has 0 aliphatic carbocycles. The van der Waals surface area contributed by atoms with Gasteiger partial charge in [-0.2, -0.15) is 0 Å². The minimum absolute atomic E-state index is 1.22. The van der Waals surface area contributed by atoms with Crippen LogP contribution in [0.5, 0.6) is 0 Å². The van der Waals surface area contributed by atoms with Gasteiger partial charge in [0.05, 0.1) is 0 Å². The Labute approximate surface area is 291 Å². The average Bonchev–Trinajstić information content (AvgIpc) is 3.19. The minimum atomic E-state index is 1.22. The summed E-state index contributed by atoms with van der Waals surface area (Å²) in [6.45, 7) is 0. The highest BCUT2D eigenvalue weighted by molar-refractivity contribution is 6.11. The Morgan fingerprint density at radius 3 is 1.26 bits per heavy atom. The van der Waals surface area contributed by atoms with Crippen LogP contribution >= 0.6 is 0 Å². The summed E-state index contributed by atoms with van der Waals surface area (Å²) in [5.41, 5.74) is 9.92. The van der Waals surface area contributed by atoms with E-state index in [2.05, 4.69) is 194 Å². The van der Waals surface area contributed by atoms with Crippen LogP contribution in [0.25, 0.3) is 98.4 Å². The maximum atomic E-state index is 2.40. The van der Waals surface area contributed by atoms with Crippen molar-refractivity contribution in [2.24, 2.45) is 0 Å². The molecule has 0 heterocycles. The summed E-state index contributed by atoms with van der Waals surface area (Å²) in [6, 6.07) is 71.5. The van der Waals surface area contributed by atoms with Crippen molar-refractivity contribution in [3.05, 3.63) is 194 Å². The maximum Gasteiger partial charge on any atom is -0.00928 e. The quantitative estimate of drug-likeness (QED) is 0.181. The van der Waals surface area contributed by atoms with Crippen molar-refractivity contribution in [2.45, 2.75) is 0 Å². The highest BCUT2D eigenvalue weighted by Gasteiger charge is 2.14. The van der Waals surface area contributed by atoms with Gasteiger partial charge in [-0.1, -0.05) is 164 Å². The van der Waals surface area contributed by atoms with E-state index in [1.165, 1.54) is 98.4 Å². The van der Waals surface area contributed by atoms with E-state index in [0.717, 1.165) is 0 Å². The fraction of sp³-hybridized carbons (Fsp3) is 0. The molecule has 0 unspecified atom stereocenters. The fourth-order valence-corrected chi connectivity index (χ4v) is 7.81. The van der Waals surface area contributed by atoms with Crippen LogP contribution in [0.3, 0.4) is 0 Å². The highest BCUT2D eigenvalue weighted by atomic mass is 14.2. The first kappa shape index (κ1) is 28.5. The summed E-state index contributed by atoms with van der Waals surface area (Å²) in [5.74, 6) is 0. The van der Waals surface area contributed by atoms with Crippen LogP contribution in [-0.2, 0) is 0 Å². The molecule has 0 fully saturated rings. The molecule has 0 heteroatoms. The summed E-state index contributed by atoms with van der Waals surface area (Å²) >= 11 is 0. The Bertz CT molecular complexity index is 2920. The zero-order valence-corrected chi connectivity index (χ0v) is 27.5. The summed E-state index contributed by atoms with van der Waals surface area (Å²) in [5, 5.41) is 12.6. The molecule has 50 heavy (non-hydrogen) atoms. The summed E-state index contributed by atoms with van der Waals surface area (Å²) in [6.07, 6.45) is 0. The van der Waals surface area contributed by atoms with Gasteiger partial charge >= 0.3 is 0 Å². The largest absolute Gasteiger partial charge is 0.0616 e. The van der Waals surface area contributed by atoms with Gasteiger partial charge in [0.2, 0.25) is 0 Å². The van der Waals surface area contributed by atoms with E-state index in [4.69, 9.17) is 0 Å². The van der Waals surface area contributed by atoms with Crippen LogP contribution in [0.15, 0.2) is 194 Å². The molecule has 0 atom stereocenters. The van der Waals surface area contributed by atoms with E-state index in [-0.39, 0.29) is 0 Å². The molecule has 0 aromatic heterocycles. The molecule has 0 aliphatic rings.